The number of carbonyl (C=O) groups is 1. The molecule has 0 saturated heterocycles. The average molecular weight is 325 g/mol. The molecule has 24 heavy (non-hydrogen) atoms. The van der Waals surface area contributed by atoms with Crippen molar-refractivity contribution in [3.05, 3.63) is 58.7 Å². The third kappa shape index (κ3) is 3.60. The van der Waals surface area contributed by atoms with Gasteiger partial charge in [-0.3, -0.25) is 4.79 Å². The highest BCUT2D eigenvalue weighted by Gasteiger charge is 2.21. The first-order valence-corrected chi connectivity index (χ1v) is 8.34. The summed E-state index contributed by atoms with van der Waals surface area (Å²) in [6.45, 7) is 3.95. The quantitative estimate of drug-likeness (QED) is 0.901. The second-order valence-corrected chi connectivity index (χ2v) is 6.39. The molecule has 0 spiro atoms. The van der Waals surface area contributed by atoms with Crippen molar-refractivity contribution in [3.63, 3.8) is 0 Å². The summed E-state index contributed by atoms with van der Waals surface area (Å²) in [4.78, 5) is 12.2. The number of anilines is 1. The Balaban J connectivity index is 1.66. The van der Waals surface area contributed by atoms with Crippen LogP contribution >= 0.6 is 0 Å². The smallest absolute Gasteiger partial charge is 0.262 e. The molecule has 1 aliphatic carbocycles. The van der Waals surface area contributed by atoms with Crippen LogP contribution in [0.25, 0.3) is 0 Å². The van der Waals surface area contributed by atoms with E-state index in [0.29, 0.717) is 5.75 Å². The molecule has 3 rings (SSSR count). The van der Waals surface area contributed by atoms with Gasteiger partial charge >= 0.3 is 0 Å². The summed E-state index contributed by atoms with van der Waals surface area (Å²) in [6.07, 6.45) is 2.16. The SMILES string of the molecule is Cc1ccc(NC(=O)COc2cccc3c2CCC[C@H]3O)c(C)c1. The fraction of sp³-hybridized carbons (Fsp3) is 0.350. The van der Waals surface area contributed by atoms with Crippen molar-refractivity contribution in [3.8, 4) is 5.75 Å². The van der Waals surface area contributed by atoms with Gasteiger partial charge in [-0.15, -0.1) is 0 Å². The summed E-state index contributed by atoms with van der Waals surface area (Å²) in [5.41, 5.74) is 4.95. The Kier molecular flexibility index (Phi) is 4.86. The normalized spacial score (nSPS) is 16.4. The number of rotatable bonds is 4. The molecule has 2 N–H and O–H groups in total. The van der Waals surface area contributed by atoms with Crippen LogP contribution < -0.4 is 10.1 Å². The Morgan fingerprint density at radius 1 is 1.29 bits per heavy atom. The topological polar surface area (TPSA) is 58.6 Å². The molecule has 1 aliphatic rings. The van der Waals surface area contributed by atoms with E-state index in [1.807, 2.05) is 50.2 Å². The van der Waals surface area contributed by atoms with Gasteiger partial charge < -0.3 is 15.2 Å². The standard InChI is InChI=1S/C20H23NO3/c1-13-9-10-17(14(2)11-13)21-20(23)12-24-19-8-4-5-15-16(19)6-3-7-18(15)22/h4-5,8-11,18,22H,3,6-7,12H2,1-2H3,(H,21,23)/t18-/m1/s1. The molecule has 2 aromatic carbocycles. The van der Waals surface area contributed by atoms with E-state index in [2.05, 4.69) is 5.32 Å². The zero-order valence-electron chi connectivity index (χ0n) is 14.1. The highest BCUT2D eigenvalue weighted by atomic mass is 16.5. The van der Waals surface area contributed by atoms with Crippen LogP contribution in [-0.4, -0.2) is 17.6 Å². The van der Waals surface area contributed by atoms with Crippen LogP contribution in [0.5, 0.6) is 5.75 Å². The lowest BCUT2D eigenvalue weighted by molar-refractivity contribution is -0.118. The predicted octanol–water partition coefficient (Wildman–Crippen LogP) is 3.69. The summed E-state index contributed by atoms with van der Waals surface area (Å²) in [6, 6.07) is 11.6. The first-order valence-electron chi connectivity index (χ1n) is 8.34. The molecule has 4 heteroatoms. The average Bonchev–Trinajstić information content (AvgIpc) is 2.56. The van der Waals surface area contributed by atoms with Crippen LogP contribution in [0.2, 0.25) is 0 Å². The molecule has 0 bridgehead atoms. The van der Waals surface area contributed by atoms with Crippen LogP contribution in [0.15, 0.2) is 36.4 Å². The van der Waals surface area contributed by atoms with Crippen molar-refractivity contribution in [2.75, 3.05) is 11.9 Å². The summed E-state index contributed by atoms with van der Waals surface area (Å²) in [5.74, 6) is 0.512. The molecular formula is C20H23NO3. The molecule has 2 aromatic rings. The van der Waals surface area contributed by atoms with E-state index in [0.717, 1.165) is 47.2 Å². The molecule has 126 valence electrons. The molecule has 1 atom stereocenters. The number of aryl methyl sites for hydroxylation is 2. The monoisotopic (exact) mass is 325 g/mol. The minimum atomic E-state index is -0.429. The maximum Gasteiger partial charge on any atom is 0.262 e. The summed E-state index contributed by atoms with van der Waals surface area (Å²) in [7, 11) is 0. The molecule has 0 unspecified atom stereocenters. The number of carbonyl (C=O) groups excluding carboxylic acids is 1. The second-order valence-electron chi connectivity index (χ2n) is 6.39. The number of hydrogen-bond acceptors (Lipinski definition) is 3. The van der Waals surface area contributed by atoms with Crippen molar-refractivity contribution in [1.29, 1.82) is 0 Å². The van der Waals surface area contributed by atoms with Crippen molar-refractivity contribution >= 4 is 11.6 Å². The van der Waals surface area contributed by atoms with Crippen LogP contribution in [0, 0.1) is 13.8 Å². The molecule has 1 amide bonds. The van der Waals surface area contributed by atoms with E-state index in [1.54, 1.807) is 0 Å². The number of hydrogen-bond donors (Lipinski definition) is 2. The van der Waals surface area contributed by atoms with E-state index in [-0.39, 0.29) is 12.5 Å². The van der Waals surface area contributed by atoms with E-state index >= 15 is 0 Å². The fourth-order valence-electron chi connectivity index (χ4n) is 3.21. The Morgan fingerprint density at radius 3 is 2.92 bits per heavy atom. The van der Waals surface area contributed by atoms with Crippen LogP contribution in [-0.2, 0) is 11.2 Å². The van der Waals surface area contributed by atoms with E-state index in [4.69, 9.17) is 4.74 Å². The Morgan fingerprint density at radius 2 is 2.12 bits per heavy atom. The van der Waals surface area contributed by atoms with Gasteiger partial charge in [-0.05, 0) is 61.9 Å². The first kappa shape index (κ1) is 16.5. The lowest BCUT2D eigenvalue weighted by Gasteiger charge is -2.23. The van der Waals surface area contributed by atoms with Crippen LogP contribution in [0.3, 0.4) is 0 Å². The van der Waals surface area contributed by atoms with Gasteiger partial charge in [0, 0.05) is 5.69 Å². The minimum absolute atomic E-state index is 0.0418. The maximum absolute atomic E-state index is 12.2. The zero-order chi connectivity index (χ0) is 17.1. The number of aliphatic hydroxyl groups is 1. The lowest BCUT2D eigenvalue weighted by atomic mass is 9.89. The molecule has 0 radical (unpaired) electrons. The van der Waals surface area contributed by atoms with Gasteiger partial charge in [0.25, 0.3) is 5.91 Å². The van der Waals surface area contributed by atoms with Gasteiger partial charge in [0.15, 0.2) is 6.61 Å². The predicted molar refractivity (Wildman–Crippen MR) is 94.4 cm³/mol. The van der Waals surface area contributed by atoms with Gasteiger partial charge in [-0.2, -0.15) is 0 Å². The highest BCUT2D eigenvalue weighted by molar-refractivity contribution is 5.92. The third-order valence-electron chi connectivity index (χ3n) is 4.45. The van der Waals surface area contributed by atoms with Crippen molar-refractivity contribution in [2.45, 2.75) is 39.2 Å². The van der Waals surface area contributed by atoms with Crippen LogP contribution in [0.1, 0.15) is 41.2 Å². The molecule has 0 saturated carbocycles. The third-order valence-corrected chi connectivity index (χ3v) is 4.45. The molecule has 4 nitrogen and oxygen atoms in total. The van der Waals surface area contributed by atoms with Crippen molar-refractivity contribution in [1.82, 2.24) is 0 Å². The largest absolute Gasteiger partial charge is 0.483 e. The van der Waals surface area contributed by atoms with Crippen LogP contribution in [0.4, 0.5) is 5.69 Å². The number of ether oxygens (including phenoxy) is 1. The Hall–Kier alpha value is -2.33. The fourth-order valence-corrected chi connectivity index (χ4v) is 3.21. The second kappa shape index (κ2) is 7.05. The van der Waals surface area contributed by atoms with E-state index in [9.17, 15) is 9.90 Å². The number of aliphatic hydroxyl groups excluding tert-OH is 1. The summed E-state index contributed by atoms with van der Waals surface area (Å²) < 4.78 is 5.73. The number of benzene rings is 2. The minimum Gasteiger partial charge on any atom is -0.483 e. The van der Waals surface area contributed by atoms with Gasteiger partial charge in [0.1, 0.15) is 5.75 Å². The maximum atomic E-state index is 12.2. The first-order chi connectivity index (χ1) is 11.5. The van der Waals surface area contributed by atoms with E-state index < -0.39 is 6.10 Å². The number of fused-ring (bicyclic) bond motifs is 1. The molecule has 0 aliphatic heterocycles. The van der Waals surface area contributed by atoms with E-state index in [1.165, 1.54) is 0 Å². The summed E-state index contributed by atoms with van der Waals surface area (Å²) in [5, 5.41) is 13.0. The molecule has 0 heterocycles. The zero-order valence-corrected chi connectivity index (χ0v) is 14.1. The Bertz CT molecular complexity index is 755. The van der Waals surface area contributed by atoms with Gasteiger partial charge in [0.05, 0.1) is 6.10 Å². The highest BCUT2D eigenvalue weighted by Crippen LogP contribution is 2.35. The van der Waals surface area contributed by atoms with Crippen molar-refractivity contribution < 1.29 is 14.6 Å². The molecule has 0 fully saturated rings. The Labute approximate surface area is 142 Å². The van der Waals surface area contributed by atoms with Crippen molar-refractivity contribution in [2.24, 2.45) is 0 Å². The number of nitrogens with one attached hydrogen (secondary N) is 1. The van der Waals surface area contributed by atoms with Gasteiger partial charge in [0.2, 0.25) is 0 Å². The molecular weight excluding hydrogens is 302 g/mol. The lowest BCUT2D eigenvalue weighted by Crippen LogP contribution is -2.21. The van der Waals surface area contributed by atoms with Gasteiger partial charge in [-0.1, -0.05) is 29.8 Å². The summed E-state index contributed by atoms with van der Waals surface area (Å²) >= 11 is 0. The molecule has 0 aromatic heterocycles. The number of amides is 1. The van der Waals surface area contributed by atoms with Gasteiger partial charge in [-0.25, -0.2) is 0 Å².